The molecule has 3 saturated heterocycles. The van der Waals surface area contributed by atoms with Crippen molar-refractivity contribution in [2.75, 3.05) is 31.5 Å². The maximum Gasteiger partial charge on any atom is 0.313 e. The number of fused-ring (bicyclic) bond motifs is 2. The number of thiocarbonyl (C=S) groups is 1. The number of benzene rings is 1. The number of hydrogen-bond acceptors (Lipinski definition) is 4. The summed E-state index contributed by atoms with van der Waals surface area (Å²) in [5.41, 5.74) is 1.56. The molecule has 1 N–H and O–H groups in total. The highest BCUT2D eigenvalue weighted by Gasteiger charge is 2.76. The molecule has 34 heavy (non-hydrogen) atoms. The Balaban J connectivity index is 1.22. The van der Waals surface area contributed by atoms with Crippen molar-refractivity contribution in [1.82, 2.24) is 9.80 Å². The average molecular weight is 484 g/mol. The molecule has 1 saturated carbocycles. The Morgan fingerprint density at radius 2 is 1.53 bits per heavy atom. The molecule has 1 aliphatic carbocycles. The van der Waals surface area contributed by atoms with Crippen LogP contribution in [-0.2, 0) is 14.3 Å². The number of piperidine rings is 1. The fourth-order valence-corrected chi connectivity index (χ4v) is 7.23. The van der Waals surface area contributed by atoms with Crippen molar-refractivity contribution >= 4 is 34.9 Å². The molecular weight excluding hydrogens is 446 g/mol. The van der Waals surface area contributed by atoms with E-state index in [0.717, 1.165) is 62.7 Å². The minimum atomic E-state index is -0.998. The van der Waals surface area contributed by atoms with Gasteiger partial charge in [-0.1, -0.05) is 19.9 Å². The van der Waals surface area contributed by atoms with Crippen molar-refractivity contribution in [2.24, 2.45) is 16.2 Å². The maximum atomic E-state index is 13.8. The summed E-state index contributed by atoms with van der Waals surface area (Å²) in [5.74, 6) is -0.178. The molecule has 3 aliphatic heterocycles. The highest BCUT2D eigenvalue weighted by atomic mass is 32.1. The normalized spacial score (nSPS) is 31.1. The van der Waals surface area contributed by atoms with Crippen molar-refractivity contribution in [3.05, 3.63) is 29.3 Å². The van der Waals surface area contributed by atoms with Gasteiger partial charge in [0.25, 0.3) is 5.91 Å². The number of ether oxygens (including phenoxy) is 1. The number of carbonyl (C=O) groups is 2. The van der Waals surface area contributed by atoms with Gasteiger partial charge in [-0.3, -0.25) is 9.59 Å². The highest BCUT2D eigenvalue weighted by molar-refractivity contribution is 7.80. The molecule has 1 amide bonds. The van der Waals surface area contributed by atoms with E-state index in [1.807, 2.05) is 25.7 Å². The second kappa shape index (κ2) is 7.67. The lowest BCUT2D eigenvalue weighted by Gasteiger charge is -2.41. The van der Waals surface area contributed by atoms with Gasteiger partial charge in [0.15, 0.2) is 10.7 Å². The van der Waals surface area contributed by atoms with Crippen LogP contribution in [0, 0.1) is 30.1 Å². The number of nitrogens with one attached hydrogen (secondary N) is 1. The minimum Gasteiger partial charge on any atom is -0.448 e. The van der Waals surface area contributed by atoms with Crippen LogP contribution in [0.15, 0.2) is 18.2 Å². The van der Waals surface area contributed by atoms with Gasteiger partial charge in [0.05, 0.1) is 5.41 Å². The van der Waals surface area contributed by atoms with E-state index in [4.69, 9.17) is 17.0 Å². The van der Waals surface area contributed by atoms with E-state index < -0.39 is 16.4 Å². The molecule has 2 atom stereocenters. The van der Waals surface area contributed by atoms with Crippen LogP contribution in [0.2, 0.25) is 0 Å². The molecule has 2 unspecified atom stereocenters. The molecule has 0 radical (unpaired) electrons. The molecule has 1 aromatic carbocycles. The van der Waals surface area contributed by atoms with Crippen molar-refractivity contribution in [3.8, 4) is 0 Å². The van der Waals surface area contributed by atoms with Crippen LogP contribution in [0.4, 0.5) is 5.69 Å². The third-order valence-electron chi connectivity index (χ3n) is 9.74. The fourth-order valence-electron chi connectivity index (χ4n) is 6.93. The van der Waals surface area contributed by atoms with Crippen LogP contribution in [0.3, 0.4) is 0 Å². The summed E-state index contributed by atoms with van der Waals surface area (Å²) < 4.78 is 5.87. The molecule has 5 rings (SSSR count). The summed E-state index contributed by atoms with van der Waals surface area (Å²) in [6.07, 6.45) is 4.39. The number of hydrogen-bond donors (Lipinski definition) is 1. The van der Waals surface area contributed by atoms with Gasteiger partial charge in [0, 0.05) is 37.3 Å². The third kappa shape index (κ3) is 3.29. The quantitative estimate of drug-likeness (QED) is 0.496. The Bertz CT molecular complexity index is 1040. The van der Waals surface area contributed by atoms with Crippen LogP contribution < -0.4 is 5.32 Å². The van der Waals surface area contributed by atoms with Crippen LogP contribution in [0.25, 0.3) is 0 Å². The number of aryl methyl sites for hydroxylation is 2. The van der Waals surface area contributed by atoms with Gasteiger partial charge < -0.3 is 19.9 Å². The molecular formula is C27H37N3O3S. The van der Waals surface area contributed by atoms with Gasteiger partial charge in [0.2, 0.25) is 0 Å². The molecule has 6 nitrogen and oxygen atoms in total. The summed E-state index contributed by atoms with van der Waals surface area (Å²) in [5, 5.41) is 4.19. The lowest BCUT2D eigenvalue weighted by atomic mass is 9.66. The van der Waals surface area contributed by atoms with Gasteiger partial charge in [-0.25, -0.2) is 0 Å². The Hall–Kier alpha value is -2.15. The molecule has 2 bridgehead atoms. The van der Waals surface area contributed by atoms with Crippen LogP contribution in [0.5, 0.6) is 0 Å². The predicted octanol–water partition coefficient (Wildman–Crippen LogP) is 4.44. The molecule has 1 aromatic rings. The van der Waals surface area contributed by atoms with E-state index in [0.29, 0.717) is 6.42 Å². The smallest absolute Gasteiger partial charge is 0.313 e. The van der Waals surface area contributed by atoms with Crippen molar-refractivity contribution in [1.29, 1.82) is 0 Å². The first-order chi connectivity index (χ1) is 15.9. The predicted molar refractivity (Wildman–Crippen MR) is 137 cm³/mol. The molecule has 1 spiro atoms. The summed E-state index contributed by atoms with van der Waals surface area (Å²) in [4.78, 5) is 30.7. The lowest BCUT2D eigenvalue weighted by molar-refractivity contribution is -0.173. The van der Waals surface area contributed by atoms with Crippen molar-refractivity contribution in [3.63, 3.8) is 0 Å². The van der Waals surface area contributed by atoms with Gasteiger partial charge in [-0.05, 0) is 93.8 Å². The number of esters is 1. The van der Waals surface area contributed by atoms with Crippen LogP contribution in [0.1, 0.15) is 64.0 Å². The summed E-state index contributed by atoms with van der Waals surface area (Å²) >= 11 is 5.73. The molecule has 184 valence electrons. The van der Waals surface area contributed by atoms with Gasteiger partial charge in [-0.15, -0.1) is 0 Å². The van der Waals surface area contributed by atoms with Crippen LogP contribution in [-0.4, -0.2) is 58.6 Å². The van der Waals surface area contributed by atoms with E-state index in [-0.39, 0.29) is 17.3 Å². The fraction of sp³-hybridized carbons (Fsp3) is 0.667. The Labute approximate surface area is 208 Å². The first kappa shape index (κ1) is 23.6. The Morgan fingerprint density at radius 1 is 0.941 bits per heavy atom. The minimum absolute atomic E-state index is 0.0263. The maximum absolute atomic E-state index is 13.8. The number of amides is 1. The lowest BCUT2D eigenvalue weighted by Crippen LogP contribution is -2.55. The SMILES string of the molecule is Cc1cc(C)cc(NC(=S)N2CCC3(CCN(C(=O)C45CCC(C)(C(=O)O4)C5(C)C)C3)CC2)c1. The molecule has 0 aromatic heterocycles. The zero-order chi connectivity index (χ0) is 24.5. The standard InChI is InChI=1S/C27H37N3O3S/c1-18-14-19(2)16-20(15-18)28-23(34)29-11-8-26(9-12-29)10-13-30(17-26)21(31)27-7-6-25(5,22(32)33-27)24(27,3)4/h14-16H,6-13,17H2,1-5H3,(H,28,34). The second-order valence-corrected chi connectivity index (χ2v) is 12.3. The van der Waals surface area contributed by atoms with Gasteiger partial charge in [0.1, 0.15) is 0 Å². The van der Waals surface area contributed by atoms with Crippen LogP contribution >= 0.6 is 12.2 Å². The van der Waals surface area contributed by atoms with E-state index in [2.05, 4.69) is 42.3 Å². The Morgan fingerprint density at radius 3 is 2.06 bits per heavy atom. The molecule has 3 heterocycles. The number of nitrogens with zero attached hydrogens (tertiary/aromatic N) is 2. The van der Waals surface area contributed by atoms with Crippen molar-refractivity contribution < 1.29 is 14.3 Å². The largest absolute Gasteiger partial charge is 0.448 e. The van der Waals surface area contributed by atoms with Gasteiger partial charge >= 0.3 is 5.97 Å². The summed E-state index contributed by atoms with van der Waals surface area (Å²) in [6.45, 7) is 13.5. The van der Waals surface area contributed by atoms with E-state index in [1.54, 1.807) is 0 Å². The monoisotopic (exact) mass is 483 g/mol. The number of rotatable bonds is 2. The van der Waals surface area contributed by atoms with E-state index in [9.17, 15) is 9.59 Å². The van der Waals surface area contributed by atoms with Gasteiger partial charge in [-0.2, -0.15) is 0 Å². The zero-order valence-electron chi connectivity index (χ0n) is 21.1. The first-order valence-electron chi connectivity index (χ1n) is 12.6. The summed E-state index contributed by atoms with van der Waals surface area (Å²) in [7, 11) is 0. The molecule has 7 heteroatoms. The highest BCUT2D eigenvalue weighted by Crippen LogP contribution is 2.66. The number of likely N-dealkylation sites (tertiary alicyclic amines) is 2. The Kier molecular flexibility index (Phi) is 5.32. The van der Waals surface area contributed by atoms with Crippen molar-refractivity contribution in [2.45, 2.75) is 72.3 Å². The van der Waals surface area contributed by atoms with E-state index in [1.165, 1.54) is 11.1 Å². The first-order valence-corrected chi connectivity index (χ1v) is 13.0. The second-order valence-electron chi connectivity index (χ2n) is 11.9. The zero-order valence-corrected chi connectivity index (χ0v) is 21.9. The van der Waals surface area contributed by atoms with E-state index >= 15 is 0 Å². The third-order valence-corrected chi connectivity index (χ3v) is 10.1. The number of anilines is 1. The summed E-state index contributed by atoms with van der Waals surface area (Å²) in [6, 6.07) is 6.40. The molecule has 4 aliphatic rings. The molecule has 4 fully saturated rings. The average Bonchev–Trinajstić information content (AvgIpc) is 3.31. The topological polar surface area (TPSA) is 61.9 Å². The number of carbonyl (C=O) groups excluding carboxylic acids is 2.